The summed E-state index contributed by atoms with van der Waals surface area (Å²) < 4.78 is 0. The number of halogens is 2. The van der Waals surface area contributed by atoms with Gasteiger partial charge < -0.3 is 10.2 Å². The van der Waals surface area contributed by atoms with E-state index in [4.69, 9.17) is 23.2 Å². The molecule has 1 aromatic rings. The molecule has 3 nitrogen and oxygen atoms in total. The number of aromatic nitrogens is 1. The Labute approximate surface area is 100 Å². The van der Waals surface area contributed by atoms with Crippen molar-refractivity contribution in [3.05, 3.63) is 22.3 Å². The SMILES string of the molecule is CCNCCN(C)c1ncc(Cl)cc1Cl. The van der Waals surface area contributed by atoms with E-state index >= 15 is 0 Å². The van der Waals surface area contributed by atoms with Crippen molar-refractivity contribution in [3.63, 3.8) is 0 Å². The van der Waals surface area contributed by atoms with Crippen molar-refractivity contribution in [3.8, 4) is 0 Å². The van der Waals surface area contributed by atoms with Gasteiger partial charge in [-0.2, -0.15) is 0 Å². The van der Waals surface area contributed by atoms with Crippen LogP contribution in [0.1, 0.15) is 6.92 Å². The van der Waals surface area contributed by atoms with Crippen LogP contribution in [0.3, 0.4) is 0 Å². The van der Waals surface area contributed by atoms with E-state index in [2.05, 4.69) is 17.2 Å². The number of pyridine rings is 1. The predicted octanol–water partition coefficient (Wildman–Crippen LogP) is 2.43. The summed E-state index contributed by atoms with van der Waals surface area (Å²) in [5.74, 6) is 0.763. The number of likely N-dealkylation sites (N-methyl/N-ethyl adjacent to an activating group) is 2. The van der Waals surface area contributed by atoms with E-state index < -0.39 is 0 Å². The van der Waals surface area contributed by atoms with E-state index in [1.165, 1.54) is 0 Å². The fraction of sp³-hybridized carbons (Fsp3) is 0.500. The van der Waals surface area contributed by atoms with Gasteiger partial charge in [0.25, 0.3) is 0 Å². The number of nitrogens with one attached hydrogen (secondary N) is 1. The smallest absolute Gasteiger partial charge is 0.147 e. The monoisotopic (exact) mass is 247 g/mol. The van der Waals surface area contributed by atoms with Gasteiger partial charge in [-0.1, -0.05) is 30.1 Å². The Morgan fingerprint density at radius 2 is 2.20 bits per heavy atom. The molecule has 0 fully saturated rings. The van der Waals surface area contributed by atoms with Crippen LogP contribution in [0.4, 0.5) is 5.82 Å². The van der Waals surface area contributed by atoms with Crippen LogP contribution in [0, 0.1) is 0 Å². The molecule has 84 valence electrons. The molecule has 0 radical (unpaired) electrons. The highest BCUT2D eigenvalue weighted by molar-refractivity contribution is 6.35. The second-order valence-corrected chi connectivity index (χ2v) is 4.08. The first kappa shape index (κ1) is 12.6. The highest BCUT2D eigenvalue weighted by atomic mass is 35.5. The summed E-state index contributed by atoms with van der Waals surface area (Å²) in [6, 6.07) is 1.70. The quantitative estimate of drug-likeness (QED) is 0.811. The van der Waals surface area contributed by atoms with Gasteiger partial charge in [-0.3, -0.25) is 0 Å². The topological polar surface area (TPSA) is 28.2 Å². The Kier molecular flexibility index (Phi) is 5.15. The minimum atomic E-state index is 0.559. The van der Waals surface area contributed by atoms with Gasteiger partial charge in [-0.05, 0) is 12.6 Å². The molecule has 0 bridgehead atoms. The summed E-state index contributed by atoms with van der Waals surface area (Å²) in [5.41, 5.74) is 0. The van der Waals surface area contributed by atoms with Gasteiger partial charge in [0.05, 0.1) is 10.0 Å². The Balaban J connectivity index is 2.61. The van der Waals surface area contributed by atoms with Gasteiger partial charge in [-0.15, -0.1) is 0 Å². The maximum absolute atomic E-state index is 6.03. The number of hydrogen-bond donors (Lipinski definition) is 1. The standard InChI is InChI=1S/C10H15Cl2N3/c1-3-13-4-5-15(2)10-9(12)6-8(11)7-14-10/h6-7,13H,3-5H2,1-2H3. The molecule has 0 unspecified atom stereocenters. The Hall–Kier alpha value is -0.510. The molecule has 1 aromatic heterocycles. The first-order chi connectivity index (χ1) is 7.15. The molecule has 0 aliphatic carbocycles. The van der Waals surface area contributed by atoms with Crippen LogP contribution >= 0.6 is 23.2 Å². The lowest BCUT2D eigenvalue weighted by atomic mass is 10.4. The lowest BCUT2D eigenvalue weighted by Gasteiger charge is -2.19. The van der Waals surface area contributed by atoms with Crippen LogP contribution in [0.5, 0.6) is 0 Å². The maximum Gasteiger partial charge on any atom is 0.147 e. The summed E-state index contributed by atoms with van der Waals surface area (Å²) in [4.78, 5) is 6.19. The minimum absolute atomic E-state index is 0.559. The van der Waals surface area contributed by atoms with Crippen molar-refractivity contribution >= 4 is 29.0 Å². The highest BCUT2D eigenvalue weighted by Gasteiger charge is 2.07. The average Bonchev–Trinajstić information content (AvgIpc) is 2.17. The third kappa shape index (κ3) is 3.86. The van der Waals surface area contributed by atoms with Crippen molar-refractivity contribution < 1.29 is 0 Å². The molecule has 1 rings (SSSR count). The molecule has 0 atom stereocenters. The number of rotatable bonds is 5. The van der Waals surface area contributed by atoms with Gasteiger partial charge in [0.1, 0.15) is 5.82 Å². The number of nitrogens with zero attached hydrogens (tertiary/aromatic N) is 2. The Morgan fingerprint density at radius 1 is 1.47 bits per heavy atom. The Morgan fingerprint density at radius 3 is 2.80 bits per heavy atom. The molecule has 0 saturated carbocycles. The van der Waals surface area contributed by atoms with Crippen molar-refractivity contribution in [2.75, 3.05) is 31.6 Å². The van der Waals surface area contributed by atoms with E-state index in [0.29, 0.717) is 10.0 Å². The number of anilines is 1. The number of hydrogen-bond acceptors (Lipinski definition) is 3. The molecule has 0 aromatic carbocycles. The maximum atomic E-state index is 6.03. The van der Waals surface area contributed by atoms with Crippen LogP contribution in [-0.4, -0.2) is 31.7 Å². The van der Waals surface area contributed by atoms with Crippen LogP contribution < -0.4 is 10.2 Å². The van der Waals surface area contributed by atoms with Crippen LogP contribution in [-0.2, 0) is 0 Å². The summed E-state index contributed by atoms with van der Waals surface area (Å²) >= 11 is 11.8. The summed E-state index contributed by atoms with van der Waals surface area (Å²) in [5, 5.41) is 4.38. The third-order valence-corrected chi connectivity index (χ3v) is 2.51. The van der Waals surface area contributed by atoms with E-state index in [1.54, 1.807) is 12.3 Å². The average molecular weight is 248 g/mol. The Bertz CT molecular complexity index is 318. The van der Waals surface area contributed by atoms with Crippen molar-refractivity contribution in [1.82, 2.24) is 10.3 Å². The summed E-state index contributed by atoms with van der Waals surface area (Å²) in [7, 11) is 1.96. The van der Waals surface area contributed by atoms with Crippen molar-refractivity contribution in [1.29, 1.82) is 0 Å². The lowest BCUT2D eigenvalue weighted by molar-refractivity contribution is 0.703. The second kappa shape index (κ2) is 6.16. The zero-order valence-corrected chi connectivity index (χ0v) is 10.4. The predicted molar refractivity (Wildman–Crippen MR) is 66.1 cm³/mol. The molecule has 0 saturated heterocycles. The van der Waals surface area contributed by atoms with Gasteiger partial charge in [0.15, 0.2) is 0 Å². The van der Waals surface area contributed by atoms with E-state index in [0.717, 1.165) is 25.5 Å². The van der Waals surface area contributed by atoms with Crippen LogP contribution in [0.25, 0.3) is 0 Å². The fourth-order valence-corrected chi connectivity index (χ4v) is 1.74. The van der Waals surface area contributed by atoms with E-state index in [1.807, 2.05) is 11.9 Å². The van der Waals surface area contributed by atoms with Crippen molar-refractivity contribution in [2.24, 2.45) is 0 Å². The lowest BCUT2D eigenvalue weighted by Crippen LogP contribution is -2.29. The van der Waals surface area contributed by atoms with Gasteiger partial charge in [-0.25, -0.2) is 4.98 Å². The van der Waals surface area contributed by atoms with E-state index in [-0.39, 0.29) is 0 Å². The first-order valence-electron chi connectivity index (χ1n) is 4.88. The van der Waals surface area contributed by atoms with E-state index in [9.17, 15) is 0 Å². The normalized spacial score (nSPS) is 10.4. The molecule has 0 aliphatic heterocycles. The van der Waals surface area contributed by atoms with Gasteiger partial charge in [0.2, 0.25) is 0 Å². The molecular weight excluding hydrogens is 233 g/mol. The van der Waals surface area contributed by atoms with Crippen LogP contribution in [0.2, 0.25) is 10.0 Å². The van der Waals surface area contributed by atoms with Crippen LogP contribution in [0.15, 0.2) is 12.3 Å². The molecule has 1 heterocycles. The fourth-order valence-electron chi connectivity index (χ4n) is 1.22. The first-order valence-corrected chi connectivity index (χ1v) is 5.63. The van der Waals surface area contributed by atoms with Gasteiger partial charge >= 0.3 is 0 Å². The van der Waals surface area contributed by atoms with Gasteiger partial charge in [0, 0.05) is 26.3 Å². The molecule has 0 amide bonds. The summed E-state index contributed by atoms with van der Waals surface area (Å²) in [6.45, 7) is 4.82. The second-order valence-electron chi connectivity index (χ2n) is 3.23. The zero-order chi connectivity index (χ0) is 11.3. The zero-order valence-electron chi connectivity index (χ0n) is 8.93. The van der Waals surface area contributed by atoms with Crippen molar-refractivity contribution in [2.45, 2.75) is 6.92 Å². The summed E-state index contributed by atoms with van der Waals surface area (Å²) in [6.07, 6.45) is 1.60. The molecule has 5 heteroatoms. The molecule has 0 spiro atoms. The largest absolute Gasteiger partial charge is 0.357 e. The third-order valence-electron chi connectivity index (χ3n) is 2.02. The molecule has 0 aliphatic rings. The highest BCUT2D eigenvalue weighted by Crippen LogP contribution is 2.24. The molecule has 15 heavy (non-hydrogen) atoms. The minimum Gasteiger partial charge on any atom is -0.357 e. The molecule has 1 N–H and O–H groups in total. The molecular formula is C10H15Cl2N3.